The summed E-state index contributed by atoms with van der Waals surface area (Å²) in [6, 6.07) is 0. The summed E-state index contributed by atoms with van der Waals surface area (Å²) in [4.78, 5) is 0. The highest BCUT2D eigenvalue weighted by atomic mass is 32.2. The summed E-state index contributed by atoms with van der Waals surface area (Å²) in [7, 11) is 0. The Morgan fingerprint density at radius 1 is 1.27 bits per heavy atom. The zero-order valence-corrected chi connectivity index (χ0v) is 10.4. The molecule has 5 heteroatoms. The molecule has 0 bridgehead atoms. The molecule has 0 atom stereocenters. The lowest BCUT2D eigenvalue weighted by Gasteiger charge is -2.06. The zero-order chi connectivity index (χ0) is 11.1. The summed E-state index contributed by atoms with van der Waals surface area (Å²) < 4.78 is 2.14. The molecule has 0 aliphatic carbocycles. The lowest BCUT2D eigenvalue weighted by molar-refractivity contribution is 0.592. The highest BCUT2D eigenvalue weighted by Gasteiger charge is 2.09. The molecular weight excluding hydrogens is 208 g/mol. The van der Waals surface area contributed by atoms with Gasteiger partial charge in [-0.05, 0) is 12.8 Å². The Balaban J connectivity index is 2.64. The quantitative estimate of drug-likeness (QED) is 0.573. The van der Waals surface area contributed by atoms with Crippen LogP contribution in [0.2, 0.25) is 0 Å². The Kier molecular flexibility index (Phi) is 5.71. The zero-order valence-electron chi connectivity index (χ0n) is 9.57. The Morgan fingerprint density at radius 2 is 2.07 bits per heavy atom. The van der Waals surface area contributed by atoms with E-state index in [1.807, 2.05) is 0 Å². The van der Waals surface area contributed by atoms with Crippen LogP contribution in [-0.2, 0) is 13.1 Å². The molecule has 0 aliphatic rings. The van der Waals surface area contributed by atoms with Gasteiger partial charge in [0.15, 0.2) is 5.16 Å². The minimum absolute atomic E-state index is 0.474. The maximum absolute atomic E-state index is 5.62. The molecule has 2 N–H and O–H groups in total. The first kappa shape index (κ1) is 12.5. The number of aromatic nitrogens is 3. The van der Waals surface area contributed by atoms with E-state index in [0.717, 1.165) is 29.7 Å². The van der Waals surface area contributed by atoms with Crippen LogP contribution in [0.3, 0.4) is 0 Å². The molecule has 0 saturated carbocycles. The van der Waals surface area contributed by atoms with Crippen molar-refractivity contribution in [2.24, 2.45) is 5.73 Å². The third-order valence-electron chi connectivity index (χ3n) is 2.15. The van der Waals surface area contributed by atoms with Crippen molar-refractivity contribution in [1.29, 1.82) is 0 Å². The lowest BCUT2D eigenvalue weighted by Crippen LogP contribution is -2.09. The van der Waals surface area contributed by atoms with Crippen molar-refractivity contribution in [2.75, 3.05) is 5.75 Å². The van der Waals surface area contributed by atoms with E-state index in [4.69, 9.17) is 5.73 Å². The lowest BCUT2D eigenvalue weighted by atomic mass is 10.4. The molecule has 0 aliphatic heterocycles. The van der Waals surface area contributed by atoms with Crippen LogP contribution in [0.1, 0.15) is 38.9 Å². The molecule has 1 heterocycles. The van der Waals surface area contributed by atoms with E-state index >= 15 is 0 Å². The summed E-state index contributed by atoms with van der Waals surface area (Å²) >= 11 is 1.78. The molecule has 1 rings (SSSR count). The van der Waals surface area contributed by atoms with E-state index in [-0.39, 0.29) is 0 Å². The second-order valence-electron chi connectivity index (χ2n) is 3.46. The average molecular weight is 228 g/mol. The van der Waals surface area contributed by atoms with E-state index in [1.165, 1.54) is 12.8 Å². The van der Waals surface area contributed by atoms with E-state index in [9.17, 15) is 0 Å². The molecule has 86 valence electrons. The number of rotatable bonds is 7. The van der Waals surface area contributed by atoms with Crippen molar-refractivity contribution in [3.63, 3.8) is 0 Å². The molecule has 0 spiro atoms. The van der Waals surface area contributed by atoms with Crippen LogP contribution in [0.15, 0.2) is 5.16 Å². The normalized spacial score (nSPS) is 10.9. The average Bonchev–Trinajstić information content (AvgIpc) is 2.62. The minimum atomic E-state index is 0.474. The third kappa shape index (κ3) is 3.50. The van der Waals surface area contributed by atoms with E-state index < -0.39 is 0 Å². The van der Waals surface area contributed by atoms with Crippen LogP contribution in [0, 0.1) is 0 Å². The first-order chi connectivity index (χ1) is 7.33. The molecule has 1 aromatic rings. The molecule has 4 nitrogen and oxygen atoms in total. The van der Waals surface area contributed by atoms with Gasteiger partial charge in [-0.25, -0.2) is 0 Å². The van der Waals surface area contributed by atoms with E-state index in [1.54, 1.807) is 11.8 Å². The molecule has 1 aromatic heterocycles. The Morgan fingerprint density at radius 3 is 2.67 bits per heavy atom. The van der Waals surface area contributed by atoms with Crippen molar-refractivity contribution >= 4 is 11.8 Å². The number of unbranched alkanes of at least 4 members (excludes halogenated alkanes) is 1. The van der Waals surface area contributed by atoms with Crippen molar-refractivity contribution in [3.8, 4) is 0 Å². The van der Waals surface area contributed by atoms with Gasteiger partial charge < -0.3 is 10.3 Å². The Labute approximate surface area is 95.6 Å². The topological polar surface area (TPSA) is 56.7 Å². The molecule has 0 unspecified atom stereocenters. The smallest absolute Gasteiger partial charge is 0.191 e. The first-order valence-electron chi connectivity index (χ1n) is 5.58. The number of nitrogens with two attached hydrogens (primary N) is 1. The fraction of sp³-hybridized carbons (Fsp3) is 0.800. The molecule has 0 radical (unpaired) electrons. The molecule has 15 heavy (non-hydrogen) atoms. The second-order valence-corrected chi connectivity index (χ2v) is 4.52. The highest BCUT2D eigenvalue weighted by molar-refractivity contribution is 7.99. The molecule has 0 fully saturated rings. The highest BCUT2D eigenvalue weighted by Crippen LogP contribution is 2.18. The molecule has 0 saturated heterocycles. The van der Waals surface area contributed by atoms with Gasteiger partial charge in [0.1, 0.15) is 5.82 Å². The predicted octanol–water partition coefficient (Wildman–Crippen LogP) is 2.04. The molecule has 0 amide bonds. The van der Waals surface area contributed by atoms with Crippen LogP contribution >= 0.6 is 11.8 Å². The fourth-order valence-electron chi connectivity index (χ4n) is 1.33. The van der Waals surface area contributed by atoms with Gasteiger partial charge in [0, 0.05) is 12.3 Å². The van der Waals surface area contributed by atoms with E-state index in [0.29, 0.717) is 6.54 Å². The van der Waals surface area contributed by atoms with Crippen molar-refractivity contribution < 1.29 is 0 Å². The van der Waals surface area contributed by atoms with Crippen LogP contribution < -0.4 is 5.73 Å². The van der Waals surface area contributed by atoms with Crippen molar-refractivity contribution in [2.45, 2.75) is 51.4 Å². The van der Waals surface area contributed by atoms with Crippen LogP contribution in [0.25, 0.3) is 0 Å². The van der Waals surface area contributed by atoms with Gasteiger partial charge in [0.2, 0.25) is 0 Å². The summed E-state index contributed by atoms with van der Waals surface area (Å²) in [6.45, 7) is 5.79. The van der Waals surface area contributed by atoms with Crippen molar-refractivity contribution in [3.05, 3.63) is 5.82 Å². The van der Waals surface area contributed by atoms with Gasteiger partial charge in [0.05, 0.1) is 6.54 Å². The van der Waals surface area contributed by atoms with Crippen LogP contribution in [0.4, 0.5) is 0 Å². The summed E-state index contributed by atoms with van der Waals surface area (Å²) in [5.74, 6) is 2.01. The van der Waals surface area contributed by atoms with Crippen LogP contribution in [-0.4, -0.2) is 20.5 Å². The SMILES string of the molecule is CCCCSc1nnc(CN)n1CCC. The van der Waals surface area contributed by atoms with E-state index in [2.05, 4.69) is 28.6 Å². The fourth-order valence-corrected chi connectivity index (χ4v) is 2.40. The van der Waals surface area contributed by atoms with Gasteiger partial charge in [0.25, 0.3) is 0 Å². The maximum atomic E-state index is 5.62. The molecule has 0 aromatic carbocycles. The second kappa shape index (κ2) is 6.85. The predicted molar refractivity (Wildman–Crippen MR) is 63.8 cm³/mol. The number of hydrogen-bond acceptors (Lipinski definition) is 4. The van der Waals surface area contributed by atoms with Gasteiger partial charge in [-0.2, -0.15) is 0 Å². The van der Waals surface area contributed by atoms with Crippen molar-refractivity contribution in [1.82, 2.24) is 14.8 Å². The largest absolute Gasteiger partial charge is 0.324 e. The minimum Gasteiger partial charge on any atom is -0.324 e. The standard InChI is InChI=1S/C10H20N4S/c1-3-5-7-15-10-13-12-9(8-11)14(10)6-4-2/h3-8,11H2,1-2H3. The number of thioether (sulfide) groups is 1. The summed E-state index contributed by atoms with van der Waals surface area (Å²) in [5, 5.41) is 9.29. The summed E-state index contributed by atoms with van der Waals surface area (Å²) in [6.07, 6.45) is 3.53. The van der Waals surface area contributed by atoms with Gasteiger partial charge >= 0.3 is 0 Å². The van der Waals surface area contributed by atoms with Gasteiger partial charge in [-0.3, -0.25) is 0 Å². The number of nitrogens with zero attached hydrogens (tertiary/aromatic N) is 3. The van der Waals surface area contributed by atoms with Gasteiger partial charge in [-0.1, -0.05) is 32.0 Å². The molecular formula is C10H20N4S. The third-order valence-corrected chi connectivity index (χ3v) is 3.21. The number of hydrogen-bond donors (Lipinski definition) is 1. The maximum Gasteiger partial charge on any atom is 0.191 e. The van der Waals surface area contributed by atoms with Gasteiger partial charge in [-0.15, -0.1) is 10.2 Å². The Hall–Kier alpha value is -0.550. The van der Waals surface area contributed by atoms with Crippen LogP contribution in [0.5, 0.6) is 0 Å². The monoisotopic (exact) mass is 228 g/mol. The first-order valence-corrected chi connectivity index (χ1v) is 6.57. The Bertz CT molecular complexity index is 285. The summed E-state index contributed by atoms with van der Waals surface area (Å²) in [5.41, 5.74) is 5.62.